The Morgan fingerprint density at radius 1 is 1.26 bits per heavy atom. The first-order valence-electron chi connectivity index (χ1n) is 6.67. The molecule has 0 radical (unpaired) electrons. The van der Waals surface area contributed by atoms with E-state index in [1.165, 1.54) is 0 Å². The number of aromatic nitrogens is 3. The number of hydrogen-bond donors (Lipinski definition) is 1. The Hall–Kier alpha value is -1.91. The lowest BCUT2D eigenvalue weighted by Gasteiger charge is -2.31. The zero-order valence-electron chi connectivity index (χ0n) is 11.6. The van der Waals surface area contributed by atoms with Gasteiger partial charge in [0, 0.05) is 0 Å². The first kappa shape index (κ1) is 13.5. The number of carboxylic acid groups (broad SMARTS) is 1. The second-order valence-corrected chi connectivity index (χ2v) is 4.76. The number of carboxylic acids is 1. The van der Waals surface area contributed by atoms with E-state index in [1.807, 2.05) is 10.7 Å². The Bertz CT molecular complexity index is 591. The Balaban J connectivity index is 2.70. The van der Waals surface area contributed by atoms with Crippen molar-refractivity contribution in [1.82, 2.24) is 15.0 Å². The summed E-state index contributed by atoms with van der Waals surface area (Å²) in [7, 11) is 0. The highest BCUT2D eigenvalue weighted by atomic mass is 16.4. The molecule has 0 fully saturated rings. The summed E-state index contributed by atoms with van der Waals surface area (Å²) < 4.78 is 1.90. The van der Waals surface area contributed by atoms with Gasteiger partial charge in [-0.15, -0.1) is 5.10 Å². The first-order valence-corrected chi connectivity index (χ1v) is 6.67. The Kier molecular flexibility index (Phi) is 3.55. The van der Waals surface area contributed by atoms with Crippen molar-refractivity contribution in [3.8, 4) is 0 Å². The molecule has 0 atom stereocenters. The van der Waals surface area contributed by atoms with Crippen molar-refractivity contribution in [2.24, 2.45) is 0 Å². The second-order valence-electron chi connectivity index (χ2n) is 4.76. The van der Waals surface area contributed by atoms with Crippen LogP contribution in [0.3, 0.4) is 0 Å². The Morgan fingerprint density at radius 2 is 1.89 bits per heavy atom. The fraction of sp³-hybridized carbons (Fsp3) is 0.500. The summed E-state index contributed by atoms with van der Waals surface area (Å²) in [6.07, 6.45) is 2.82. The molecule has 2 aromatic rings. The quantitative estimate of drug-likeness (QED) is 0.898. The summed E-state index contributed by atoms with van der Waals surface area (Å²) in [4.78, 5) is 11.2. The van der Waals surface area contributed by atoms with E-state index in [9.17, 15) is 9.90 Å². The van der Waals surface area contributed by atoms with Crippen molar-refractivity contribution in [3.05, 3.63) is 23.8 Å². The maximum absolute atomic E-state index is 11.2. The van der Waals surface area contributed by atoms with Gasteiger partial charge in [0.2, 0.25) is 0 Å². The van der Waals surface area contributed by atoms with Crippen molar-refractivity contribution in [1.29, 1.82) is 0 Å². The Labute approximate surface area is 112 Å². The van der Waals surface area contributed by atoms with E-state index in [4.69, 9.17) is 0 Å². The molecule has 19 heavy (non-hydrogen) atoms. The maximum atomic E-state index is 11.2. The lowest BCUT2D eigenvalue weighted by atomic mass is 9.90. The third-order valence-corrected chi connectivity index (χ3v) is 4.13. The standard InChI is InChI=1S/C14H19N3O2/c1-4-14(5-2,6-3)17-11-9-7-8-10(13(18)19)12(11)15-16-17/h7-9H,4-6H2,1-3H3,(H,18,19). The molecule has 5 heteroatoms. The van der Waals surface area contributed by atoms with Gasteiger partial charge in [0.05, 0.1) is 16.6 Å². The summed E-state index contributed by atoms with van der Waals surface area (Å²) in [5.41, 5.74) is 1.38. The molecule has 0 unspecified atom stereocenters. The molecule has 1 aromatic carbocycles. The van der Waals surface area contributed by atoms with E-state index >= 15 is 0 Å². The lowest BCUT2D eigenvalue weighted by Crippen LogP contribution is -2.32. The van der Waals surface area contributed by atoms with E-state index in [0.717, 1.165) is 24.8 Å². The molecule has 2 rings (SSSR count). The predicted octanol–water partition coefficient (Wildman–Crippen LogP) is 3.05. The van der Waals surface area contributed by atoms with Crippen LogP contribution in [0.5, 0.6) is 0 Å². The summed E-state index contributed by atoms with van der Waals surface area (Å²) in [6.45, 7) is 6.38. The maximum Gasteiger partial charge on any atom is 0.338 e. The Morgan fingerprint density at radius 3 is 2.42 bits per heavy atom. The van der Waals surface area contributed by atoms with Gasteiger partial charge in [-0.25, -0.2) is 9.48 Å². The van der Waals surface area contributed by atoms with Crippen molar-refractivity contribution in [2.45, 2.75) is 45.6 Å². The van der Waals surface area contributed by atoms with Crippen LogP contribution < -0.4 is 0 Å². The molecule has 0 saturated carbocycles. The topological polar surface area (TPSA) is 68.0 Å². The minimum Gasteiger partial charge on any atom is -0.478 e. The van der Waals surface area contributed by atoms with Crippen LogP contribution >= 0.6 is 0 Å². The van der Waals surface area contributed by atoms with Gasteiger partial charge < -0.3 is 5.11 Å². The van der Waals surface area contributed by atoms with E-state index in [1.54, 1.807) is 12.1 Å². The average Bonchev–Trinajstić information content (AvgIpc) is 2.86. The van der Waals surface area contributed by atoms with E-state index in [2.05, 4.69) is 31.1 Å². The molecule has 0 amide bonds. The van der Waals surface area contributed by atoms with Crippen molar-refractivity contribution in [2.75, 3.05) is 0 Å². The number of carbonyl (C=O) groups is 1. The molecular weight excluding hydrogens is 242 g/mol. The van der Waals surface area contributed by atoms with E-state index < -0.39 is 5.97 Å². The molecule has 1 heterocycles. The van der Waals surface area contributed by atoms with Crippen LogP contribution in [0.25, 0.3) is 11.0 Å². The van der Waals surface area contributed by atoms with Crippen LogP contribution in [0.15, 0.2) is 18.2 Å². The van der Waals surface area contributed by atoms with Gasteiger partial charge in [0.25, 0.3) is 0 Å². The summed E-state index contributed by atoms with van der Waals surface area (Å²) in [5.74, 6) is -0.965. The first-order chi connectivity index (χ1) is 9.09. The van der Waals surface area contributed by atoms with Crippen LogP contribution in [-0.2, 0) is 5.54 Å². The van der Waals surface area contributed by atoms with Gasteiger partial charge in [-0.1, -0.05) is 32.1 Å². The zero-order chi connectivity index (χ0) is 14.0. The molecule has 0 spiro atoms. The van der Waals surface area contributed by atoms with Crippen LogP contribution in [0.1, 0.15) is 50.4 Å². The molecule has 1 N–H and O–H groups in total. The van der Waals surface area contributed by atoms with Gasteiger partial charge in [-0.05, 0) is 31.4 Å². The summed E-state index contributed by atoms with van der Waals surface area (Å²) in [6, 6.07) is 5.20. The lowest BCUT2D eigenvalue weighted by molar-refractivity contribution is 0.0699. The highest BCUT2D eigenvalue weighted by Crippen LogP contribution is 2.31. The molecule has 1 aromatic heterocycles. The number of benzene rings is 1. The summed E-state index contributed by atoms with van der Waals surface area (Å²) in [5, 5.41) is 17.5. The molecule has 0 aliphatic heterocycles. The van der Waals surface area contributed by atoms with Gasteiger partial charge in [-0.3, -0.25) is 0 Å². The van der Waals surface area contributed by atoms with Crippen molar-refractivity contribution >= 4 is 17.0 Å². The van der Waals surface area contributed by atoms with Crippen LogP contribution in [0, 0.1) is 0 Å². The minimum absolute atomic E-state index is 0.0914. The zero-order valence-corrected chi connectivity index (χ0v) is 11.6. The predicted molar refractivity (Wildman–Crippen MR) is 73.3 cm³/mol. The highest BCUT2D eigenvalue weighted by molar-refractivity contribution is 6.00. The largest absolute Gasteiger partial charge is 0.478 e. The van der Waals surface area contributed by atoms with E-state index in [-0.39, 0.29) is 11.1 Å². The van der Waals surface area contributed by atoms with Gasteiger partial charge in [-0.2, -0.15) is 0 Å². The highest BCUT2D eigenvalue weighted by Gasteiger charge is 2.29. The molecular formula is C14H19N3O2. The van der Waals surface area contributed by atoms with Crippen LogP contribution in [0.2, 0.25) is 0 Å². The molecule has 102 valence electrons. The third-order valence-electron chi connectivity index (χ3n) is 4.13. The van der Waals surface area contributed by atoms with Gasteiger partial charge >= 0.3 is 5.97 Å². The number of hydrogen-bond acceptors (Lipinski definition) is 3. The molecule has 0 bridgehead atoms. The third kappa shape index (κ3) is 1.99. The second kappa shape index (κ2) is 4.99. The monoisotopic (exact) mass is 261 g/mol. The van der Waals surface area contributed by atoms with Gasteiger partial charge in [0.15, 0.2) is 0 Å². The molecule has 0 aliphatic rings. The van der Waals surface area contributed by atoms with E-state index in [0.29, 0.717) is 5.52 Å². The molecule has 0 saturated heterocycles. The van der Waals surface area contributed by atoms with Crippen molar-refractivity contribution < 1.29 is 9.90 Å². The number of aromatic carboxylic acids is 1. The summed E-state index contributed by atoms with van der Waals surface area (Å²) >= 11 is 0. The number of nitrogens with zero attached hydrogens (tertiary/aromatic N) is 3. The fourth-order valence-corrected chi connectivity index (χ4v) is 2.67. The normalized spacial score (nSPS) is 11.9. The number of rotatable bonds is 5. The molecule has 5 nitrogen and oxygen atoms in total. The molecule has 0 aliphatic carbocycles. The minimum atomic E-state index is -0.965. The average molecular weight is 261 g/mol. The van der Waals surface area contributed by atoms with Crippen molar-refractivity contribution in [3.63, 3.8) is 0 Å². The van der Waals surface area contributed by atoms with Crippen LogP contribution in [-0.4, -0.2) is 26.1 Å². The fourth-order valence-electron chi connectivity index (χ4n) is 2.67. The SMILES string of the molecule is CCC(CC)(CC)n1nnc2c(C(=O)O)cccc21. The van der Waals surface area contributed by atoms with Crippen LogP contribution in [0.4, 0.5) is 0 Å². The number of fused-ring (bicyclic) bond motifs is 1. The smallest absolute Gasteiger partial charge is 0.338 e. The van der Waals surface area contributed by atoms with Gasteiger partial charge in [0.1, 0.15) is 5.52 Å².